The molecule has 0 atom stereocenters. The van der Waals surface area contributed by atoms with Crippen LogP contribution >= 0.6 is 11.8 Å². The van der Waals surface area contributed by atoms with Gasteiger partial charge in [0, 0.05) is 12.5 Å². The molecule has 1 N–H and O–H groups in total. The molecule has 1 aromatic heterocycles. The molecule has 0 aliphatic rings. The van der Waals surface area contributed by atoms with Gasteiger partial charge < -0.3 is 14.4 Å². The summed E-state index contributed by atoms with van der Waals surface area (Å²) in [4.78, 5) is 10.6. The fourth-order valence-corrected chi connectivity index (χ4v) is 2.21. The van der Waals surface area contributed by atoms with Crippen molar-refractivity contribution in [3.8, 4) is 0 Å². The van der Waals surface area contributed by atoms with Gasteiger partial charge in [-0.05, 0) is 0 Å². The SMILES string of the molecule is CC(C)c1nnc(SCC(=O)O)n1CCOCC(F)(F)F. The molecule has 1 aromatic rings. The van der Waals surface area contributed by atoms with E-state index in [2.05, 4.69) is 14.9 Å². The summed E-state index contributed by atoms with van der Waals surface area (Å²) in [6.45, 7) is 2.39. The van der Waals surface area contributed by atoms with E-state index in [1.54, 1.807) is 4.57 Å². The highest BCUT2D eigenvalue weighted by atomic mass is 32.2. The summed E-state index contributed by atoms with van der Waals surface area (Å²) in [6, 6.07) is 0. The Morgan fingerprint density at radius 3 is 2.62 bits per heavy atom. The molecule has 0 spiro atoms. The fourth-order valence-electron chi connectivity index (χ4n) is 1.51. The Balaban J connectivity index is 2.67. The van der Waals surface area contributed by atoms with Crippen LogP contribution in [0.25, 0.3) is 0 Å². The molecule has 0 saturated heterocycles. The van der Waals surface area contributed by atoms with Crippen LogP contribution in [0, 0.1) is 0 Å². The summed E-state index contributed by atoms with van der Waals surface area (Å²) in [5.41, 5.74) is 0. The van der Waals surface area contributed by atoms with Gasteiger partial charge in [-0.15, -0.1) is 10.2 Å². The molecule has 0 saturated carbocycles. The molecular formula is C11H16F3N3O3S. The quantitative estimate of drug-likeness (QED) is 0.582. The standard InChI is InChI=1S/C11H16F3N3O3S/c1-7(2)9-15-16-10(21-5-8(18)19)17(9)3-4-20-6-11(12,13)14/h7H,3-6H2,1-2H3,(H,18,19). The van der Waals surface area contributed by atoms with Gasteiger partial charge >= 0.3 is 12.1 Å². The van der Waals surface area contributed by atoms with Crippen molar-refractivity contribution in [3.63, 3.8) is 0 Å². The lowest BCUT2D eigenvalue weighted by atomic mass is 10.2. The lowest BCUT2D eigenvalue weighted by Gasteiger charge is -2.12. The normalized spacial score (nSPS) is 12.1. The third-order valence-electron chi connectivity index (χ3n) is 2.31. The maximum absolute atomic E-state index is 12.0. The Kier molecular flexibility index (Phi) is 6.46. The van der Waals surface area contributed by atoms with Crippen molar-refractivity contribution in [2.24, 2.45) is 0 Å². The average molecular weight is 327 g/mol. The average Bonchev–Trinajstić information content (AvgIpc) is 2.74. The largest absolute Gasteiger partial charge is 0.481 e. The molecule has 1 heterocycles. The molecule has 0 unspecified atom stereocenters. The minimum atomic E-state index is -4.37. The van der Waals surface area contributed by atoms with E-state index in [0.717, 1.165) is 11.8 Å². The molecule has 0 fully saturated rings. The predicted molar refractivity (Wildman–Crippen MR) is 69.3 cm³/mol. The number of carboxylic acid groups (broad SMARTS) is 1. The Hall–Kier alpha value is -1.29. The Bertz CT molecular complexity index is 477. The Morgan fingerprint density at radius 2 is 2.10 bits per heavy atom. The van der Waals surface area contributed by atoms with Crippen LogP contribution in [0.15, 0.2) is 5.16 Å². The minimum absolute atomic E-state index is 0.0132. The van der Waals surface area contributed by atoms with Crippen molar-refractivity contribution >= 4 is 17.7 Å². The van der Waals surface area contributed by atoms with Crippen LogP contribution in [-0.2, 0) is 16.1 Å². The molecule has 10 heteroatoms. The van der Waals surface area contributed by atoms with Gasteiger partial charge in [-0.2, -0.15) is 13.2 Å². The fraction of sp³-hybridized carbons (Fsp3) is 0.727. The second-order valence-electron chi connectivity index (χ2n) is 4.50. The number of ether oxygens (including phenoxy) is 1. The van der Waals surface area contributed by atoms with Gasteiger partial charge in [0.2, 0.25) is 0 Å². The molecule has 0 bridgehead atoms. The van der Waals surface area contributed by atoms with E-state index in [1.807, 2.05) is 13.8 Å². The van der Waals surface area contributed by atoms with Crippen molar-refractivity contribution in [3.05, 3.63) is 5.82 Å². The summed E-state index contributed by atoms with van der Waals surface area (Å²) < 4.78 is 42.1. The van der Waals surface area contributed by atoms with Crippen LogP contribution in [0.2, 0.25) is 0 Å². The number of rotatable bonds is 8. The number of nitrogens with zero attached hydrogens (tertiary/aromatic N) is 3. The summed E-state index contributed by atoms with van der Waals surface area (Å²) in [6.07, 6.45) is -4.37. The Labute approximate surface area is 123 Å². The predicted octanol–water partition coefficient (Wildman–Crippen LogP) is 2.16. The maximum Gasteiger partial charge on any atom is 0.411 e. The van der Waals surface area contributed by atoms with Gasteiger partial charge in [0.25, 0.3) is 0 Å². The monoisotopic (exact) mass is 327 g/mol. The molecule has 21 heavy (non-hydrogen) atoms. The molecule has 1 rings (SSSR count). The van der Waals surface area contributed by atoms with Gasteiger partial charge in [0.1, 0.15) is 12.4 Å². The van der Waals surface area contributed by atoms with Crippen molar-refractivity contribution in [1.82, 2.24) is 14.8 Å². The third-order valence-corrected chi connectivity index (χ3v) is 3.26. The number of halogens is 3. The summed E-state index contributed by atoms with van der Waals surface area (Å²) in [5, 5.41) is 16.8. The van der Waals surface area contributed by atoms with Crippen LogP contribution in [0.5, 0.6) is 0 Å². The number of carboxylic acids is 1. The van der Waals surface area contributed by atoms with Gasteiger partial charge in [0.05, 0.1) is 12.4 Å². The van der Waals surface area contributed by atoms with E-state index < -0.39 is 18.8 Å². The number of thioether (sulfide) groups is 1. The van der Waals surface area contributed by atoms with Crippen LogP contribution in [-0.4, -0.2) is 51.0 Å². The zero-order valence-corrected chi connectivity index (χ0v) is 12.4. The number of hydrogen-bond acceptors (Lipinski definition) is 5. The zero-order chi connectivity index (χ0) is 16.0. The zero-order valence-electron chi connectivity index (χ0n) is 11.6. The third kappa shape index (κ3) is 6.34. The van der Waals surface area contributed by atoms with Gasteiger partial charge in [0.15, 0.2) is 5.16 Å². The summed E-state index contributed by atoms with van der Waals surface area (Å²) >= 11 is 0.969. The molecule has 0 aliphatic heterocycles. The number of alkyl halides is 3. The van der Waals surface area contributed by atoms with Gasteiger partial charge in [-0.3, -0.25) is 4.79 Å². The molecule has 6 nitrogen and oxygen atoms in total. The van der Waals surface area contributed by atoms with Crippen molar-refractivity contribution < 1.29 is 27.8 Å². The Morgan fingerprint density at radius 1 is 1.43 bits per heavy atom. The first kappa shape index (κ1) is 17.8. The highest BCUT2D eigenvalue weighted by Gasteiger charge is 2.27. The van der Waals surface area contributed by atoms with Gasteiger partial charge in [-0.25, -0.2) is 0 Å². The van der Waals surface area contributed by atoms with E-state index in [-0.39, 0.29) is 24.8 Å². The molecule has 0 amide bonds. The molecule has 0 aromatic carbocycles. The topological polar surface area (TPSA) is 77.2 Å². The van der Waals surface area contributed by atoms with E-state index in [4.69, 9.17) is 5.11 Å². The number of carbonyl (C=O) groups is 1. The van der Waals surface area contributed by atoms with Crippen molar-refractivity contribution in [1.29, 1.82) is 0 Å². The molecular weight excluding hydrogens is 311 g/mol. The first-order valence-corrected chi connectivity index (χ1v) is 7.11. The van der Waals surface area contributed by atoms with E-state index >= 15 is 0 Å². The van der Waals surface area contributed by atoms with E-state index in [1.165, 1.54) is 0 Å². The van der Waals surface area contributed by atoms with E-state index in [9.17, 15) is 18.0 Å². The first-order chi connectivity index (χ1) is 9.70. The number of aliphatic carboxylic acids is 1. The minimum Gasteiger partial charge on any atom is -0.481 e. The highest BCUT2D eigenvalue weighted by Crippen LogP contribution is 2.21. The highest BCUT2D eigenvalue weighted by molar-refractivity contribution is 7.99. The number of aromatic nitrogens is 3. The van der Waals surface area contributed by atoms with Crippen molar-refractivity contribution in [2.45, 2.75) is 37.6 Å². The van der Waals surface area contributed by atoms with Crippen LogP contribution < -0.4 is 0 Å². The number of hydrogen-bond donors (Lipinski definition) is 1. The lowest BCUT2D eigenvalue weighted by Crippen LogP contribution is -2.20. The lowest BCUT2D eigenvalue weighted by molar-refractivity contribution is -0.174. The first-order valence-electron chi connectivity index (χ1n) is 6.13. The van der Waals surface area contributed by atoms with Crippen molar-refractivity contribution in [2.75, 3.05) is 19.0 Å². The summed E-state index contributed by atoms with van der Waals surface area (Å²) in [5.74, 6) is -0.605. The molecule has 120 valence electrons. The molecule has 0 radical (unpaired) electrons. The van der Waals surface area contributed by atoms with Crippen LogP contribution in [0.3, 0.4) is 0 Å². The van der Waals surface area contributed by atoms with Crippen LogP contribution in [0.1, 0.15) is 25.6 Å². The van der Waals surface area contributed by atoms with Gasteiger partial charge in [-0.1, -0.05) is 25.6 Å². The molecule has 0 aliphatic carbocycles. The van der Waals surface area contributed by atoms with E-state index in [0.29, 0.717) is 11.0 Å². The smallest absolute Gasteiger partial charge is 0.411 e. The summed E-state index contributed by atoms with van der Waals surface area (Å²) in [7, 11) is 0. The second kappa shape index (κ2) is 7.64. The second-order valence-corrected chi connectivity index (χ2v) is 5.44. The maximum atomic E-state index is 12.0. The van der Waals surface area contributed by atoms with Crippen LogP contribution in [0.4, 0.5) is 13.2 Å².